The molecule has 2 rings (SSSR count). The van der Waals surface area contributed by atoms with Gasteiger partial charge >= 0.3 is 0 Å². The lowest BCUT2D eigenvalue weighted by molar-refractivity contribution is -0.384. The van der Waals surface area contributed by atoms with Gasteiger partial charge in [0.05, 0.1) is 11.5 Å². The van der Waals surface area contributed by atoms with E-state index < -0.39 is 4.92 Å². The standard InChI is InChI=1S/C16H19N3O4/c1-10-6-11(2)18-16(20)14(10)8-17-15-5-4-13(19(21)22)7-12(15)9-23-3/h4-7,17H,8-9H2,1-3H3,(H,18,20). The van der Waals surface area contributed by atoms with Crippen molar-refractivity contribution in [3.63, 3.8) is 0 Å². The second-order valence-corrected chi connectivity index (χ2v) is 5.33. The van der Waals surface area contributed by atoms with Gasteiger partial charge in [-0.05, 0) is 31.5 Å². The van der Waals surface area contributed by atoms with Gasteiger partial charge in [0.15, 0.2) is 0 Å². The largest absolute Gasteiger partial charge is 0.380 e. The fourth-order valence-electron chi connectivity index (χ4n) is 2.43. The van der Waals surface area contributed by atoms with E-state index in [0.29, 0.717) is 23.4 Å². The molecular formula is C16H19N3O4. The molecule has 1 heterocycles. The monoisotopic (exact) mass is 317 g/mol. The van der Waals surface area contributed by atoms with Crippen LogP contribution < -0.4 is 10.9 Å². The average molecular weight is 317 g/mol. The first-order chi connectivity index (χ1) is 10.9. The predicted molar refractivity (Wildman–Crippen MR) is 87.7 cm³/mol. The molecule has 2 N–H and O–H groups in total. The number of non-ortho nitro benzene ring substituents is 1. The number of nitro benzene ring substituents is 1. The van der Waals surface area contributed by atoms with Crippen molar-refractivity contribution in [1.82, 2.24) is 4.98 Å². The third kappa shape index (κ3) is 3.95. The Labute approximate surface area is 133 Å². The van der Waals surface area contributed by atoms with Gasteiger partial charge in [-0.25, -0.2) is 0 Å². The summed E-state index contributed by atoms with van der Waals surface area (Å²) in [7, 11) is 1.53. The van der Waals surface area contributed by atoms with Gasteiger partial charge in [-0.3, -0.25) is 14.9 Å². The van der Waals surface area contributed by atoms with Crippen molar-refractivity contribution < 1.29 is 9.66 Å². The third-order valence-electron chi connectivity index (χ3n) is 3.55. The smallest absolute Gasteiger partial charge is 0.269 e. The van der Waals surface area contributed by atoms with Crippen molar-refractivity contribution in [2.75, 3.05) is 12.4 Å². The molecule has 0 aliphatic heterocycles. The summed E-state index contributed by atoms with van der Waals surface area (Å²) in [5.74, 6) is 0. The molecule has 0 fully saturated rings. The molecule has 0 bridgehead atoms. The molecule has 0 unspecified atom stereocenters. The maximum atomic E-state index is 12.0. The number of nitrogens with one attached hydrogen (secondary N) is 2. The quantitative estimate of drug-likeness (QED) is 0.630. The van der Waals surface area contributed by atoms with Crippen LogP contribution in [0.4, 0.5) is 11.4 Å². The predicted octanol–water partition coefficient (Wildman–Crippen LogP) is 2.66. The molecule has 7 heteroatoms. The van der Waals surface area contributed by atoms with E-state index in [-0.39, 0.29) is 17.9 Å². The molecule has 7 nitrogen and oxygen atoms in total. The van der Waals surface area contributed by atoms with Gasteiger partial charge in [0, 0.05) is 48.3 Å². The van der Waals surface area contributed by atoms with Gasteiger partial charge < -0.3 is 15.0 Å². The molecule has 0 atom stereocenters. The van der Waals surface area contributed by atoms with E-state index in [4.69, 9.17) is 4.74 Å². The maximum Gasteiger partial charge on any atom is 0.269 e. The van der Waals surface area contributed by atoms with Crippen LogP contribution in [0.1, 0.15) is 22.4 Å². The van der Waals surface area contributed by atoms with E-state index in [0.717, 1.165) is 11.3 Å². The molecule has 0 aliphatic rings. The topological polar surface area (TPSA) is 97.3 Å². The van der Waals surface area contributed by atoms with Gasteiger partial charge in [-0.2, -0.15) is 0 Å². The van der Waals surface area contributed by atoms with Crippen molar-refractivity contribution in [2.24, 2.45) is 0 Å². The lowest BCUT2D eigenvalue weighted by Crippen LogP contribution is -2.18. The molecule has 23 heavy (non-hydrogen) atoms. The van der Waals surface area contributed by atoms with Gasteiger partial charge in [-0.15, -0.1) is 0 Å². The van der Waals surface area contributed by atoms with Crippen molar-refractivity contribution >= 4 is 11.4 Å². The molecule has 0 spiro atoms. The molecule has 1 aromatic heterocycles. The minimum absolute atomic E-state index is 0.00645. The molecule has 2 aromatic rings. The summed E-state index contributed by atoms with van der Waals surface area (Å²) in [4.78, 5) is 25.2. The van der Waals surface area contributed by atoms with Crippen LogP contribution in [0, 0.1) is 24.0 Å². The lowest BCUT2D eigenvalue weighted by Gasteiger charge is -2.13. The molecule has 0 amide bonds. The van der Waals surface area contributed by atoms with Crippen LogP contribution in [-0.2, 0) is 17.9 Å². The Balaban J connectivity index is 2.27. The Hall–Kier alpha value is -2.67. The first-order valence-electron chi connectivity index (χ1n) is 7.12. The van der Waals surface area contributed by atoms with Crippen LogP contribution in [-0.4, -0.2) is 17.0 Å². The summed E-state index contributed by atoms with van der Waals surface area (Å²) in [6.07, 6.45) is 0. The van der Waals surface area contributed by atoms with Crippen LogP contribution in [0.3, 0.4) is 0 Å². The molecule has 122 valence electrons. The first kappa shape index (κ1) is 16.7. The zero-order valence-electron chi connectivity index (χ0n) is 13.3. The normalized spacial score (nSPS) is 10.6. The number of aromatic amines is 1. The van der Waals surface area contributed by atoms with E-state index in [1.165, 1.54) is 19.2 Å². The molecule has 1 aromatic carbocycles. The van der Waals surface area contributed by atoms with Crippen molar-refractivity contribution in [3.8, 4) is 0 Å². The molecule has 0 saturated carbocycles. The Morgan fingerprint density at radius 1 is 1.30 bits per heavy atom. The van der Waals surface area contributed by atoms with Crippen LogP contribution in [0.2, 0.25) is 0 Å². The molecule has 0 saturated heterocycles. The number of rotatable bonds is 6. The zero-order chi connectivity index (χ0) is 17.0. The van der Waals surface area contributed by atoms with Gasteiger partial charge in [-0.1, -0.05) is 0 Å². The van der Waals surface area contributed by atoms with Crippen molar-refractivity contribution in [3.05, 3.63) is 67.1 Å². The number of nitro groups is 1. The van der Waals surface area contributed by atoms with Crippen molar-refractivity contribution in [2.45, 2.75) is 27.0 Å². The summed E-state index contributed by atoms with van der Waals surface area (Å²) < 4.78 is 5.09. The van der Waals surface area contributed by atoms with Crippen LogP contribution in [0.15, 0.2) is 29.1 Å². The van der Waals surface area contributed by atoms with Crippen molar-refractivity contribution in [1.29, 1.82) is 0 Å². The number of hydrogen-bond acceptors (Lipinski definition) is 5. The summed E-state index contributed by atoms with van der Waals surface area (Å²) >= 11 is 0. The van der Waals surface area contributed by atoms with E-state index in [2.05, 4.69) is 10.3 Å². The number of ether oxygens (including phenoxy) is 1. The maximum absolute atomic E-state index is 12.0. The van der Waals surface area contributed by atoms with Gasteiger partial charge in [0.25, 0.3) is 11.2 Å². The van der Waals surface area contributed by atoms with Gasteiger partial charge in [0.1, 0.15) is 0 Å². The molecule has 0 aliphatic carbocycles. The zero-order valence-corrected chi connectivity index (χ0v) is 13.3. The number of hydrogen-bond donors (Lipinski definition) is 2. The van der Waals surface area contributed by atoms with Gasteiger partial charge in [0.2, 0.25) is 0 Å². The highest BCUT2D eigenvalue weighted by atomic mass is 16.6. The van der Waals surface area contributed by atoms with Crippen LogP contribution >= 0.6 is 0 Å². The van der Waals surface area contributed by atoms with E-state index in [1.807, 2.05) is 19.9 Å². The number of pyridine rings is 1. The Bertz CT molecular complexity index is 783. The number of aryl methyl sites for hydroxylation is 2. The minimum atomic E-state index is -0.447. The Kier molecular flexibility index (Phi) is 5.13. The summed E-state index contributed by atoms with van der Waals surface area (Å²) in [6, 6.07) is 6.43. The second kappa shape index (κ2) is 7.06. The number of benzene rings is 1. The number of methoxy groups -OCH3 is 1. The average Bonchev–Trinajstić information content (AvgIpc) is 2.47. The second-order valence-electron chi connectivity index (χ2n) is 5.33. The van der Waals surface area contributed by atoms with Crippen LogP contribution in [0.25, 0.3) is 0 Å². The highest BCUT2D eigenvalue weighted by Crippen LogP contribution is 2.23. The summed E-state index contributed by atoms with van der Waals surface area (Å²) in [5.41, 5.74) is 3.59. The molecular weight excluding hydrogens is 298 g/mol. The Morgan fingerprint density at radius 3 is 2.65 bits per heavy atom. The summed E-state index contributed by atoms with van der Waals surface area (Å²) in [6.45, 7) is 4.28. The highest BCUT2D eigenvalue weighted by molar-refractivity contribution is 5.56. The summed E-state index contributed by atoms with van der Waals surface area (Å²) in [5, 5.41) is 14.0. The lowest BCUT2D eigenvalue weighted by atomic mass is 10.1. The Morgan fingerprint density at radius 2 is 2.04 bits per heavy atom. The number of anilines is 1. The SMILES string of the molecule is COCc1cc([N+](=O)[O-])ccc1NCc1c(C)cc(C)[nH]c1=O. The van der Waals surface area contributed by atoms with E-state index in [9.17, 15) is 14.9 Å². The fraction of sp³-hybridized carbons (Fsp3) is 0.312. The number of aromatic nitrogens is 1. The highest BCUT2D eigenvalue weighted by Gasteiger charge is 2.12. The fourth-order valence-corrected chi connectivity index (χ4v) is 2.43. The van der Waals surface area contributed by atoms with E-state index >= 15 is 0 Å². The number of H-pyrrole nitrogens is 1. The third-order valence-corrected chi connectivity index (χ3v) is 3.55. The molecule has 0 radical (unpaired) electrons. The minimum Gasteiger partial charge on any atom is -0.380 e. The first-order valence-corrected chi connectivity index (χ1v) is 7.12. The van der Waals surface area contributed by atoms with Crippen LogP contribution in [0.5, 0.6) is 0 Å². The number of nitrogens with zero attached hydrogens (tertiary/aromatic N) is 1. The van der Waals surface area contributed by atoms with E-state index in [1.54, 1.807) is 6.07 Å².